The fourth-order valence-electron chi connectivity index (χ4n) is 2.99. The van der Waals surface area contributed by atoms with Crippen LogP contribution in [0.2, 0.25) is 0 Å². The number of hydrogen-bond acceptors (Lipinski definition) is 5. The molecule has 0 saturated carbocycles. The predicted octanol–water partition coefficient (Wildman–Crippen LogP) is 4.31. The molecule has 2 aromatic heterocycles. The third-order valence-electron chi connectivity index (χ3n) is 4.66. The van der Waals surface area contributed by atoms with Crippen molar-refractivity contribution in [3.8, 4) is 0 Å². The molecule has 0 saturated heterocycles. The summed E-state index contributed by atoms with van der Waals surface area (Å²) in [7, 11) is 0. The van der Waals surface area contributed by atoms with Gasteiger partial charge in [0.05, 0.1) is 17.1 Å². The summed E-state index contributed by atoms with van der Waals surface area (Å²) in [6.07, 6.45) is 3.74. The van der Waals surface area contributed by atoms with Crippen molar-refractivity contribution in [3.63, 3.8) is 0 Å². The molecule has 1 atom stereocenters. The van der Waals surface area contributed by atoms with Gasteiger partial charge in [-0.05, 0) is 31.9 Å². The van der Waals surface area contributed by atoms with Gasteiger partial charge in [0, 0.05) is 6.54 Å². The van der Waals surface area contributed by atoms with Crippen LogP contribution >= 0.6 is 0 Å². The summed E-state index contributed by atoms with van der Waals surface area (Å²) < 4.78 is 7.43. The van der Waals surface area contributed by atoms with E-state index in [2.05, 4.69) is 11.9 Å². The van der Waals surface area contributed by atoms with Gasteiger partial charge in [0.1, 0.15) is 16.9 Å². The third kappa shape index (κ3) is 3.36. The van der Waals surface area contributed by atoms with Crippen molar-refractivity contribution in [2.24, 2.45) is 0 Å². The molecule has 0 aliphatic heterocycles. The number of esters is 1. The number of carbonyl (C=O) groups excluding carboxylic acids is 1. The van der Waals surface area contributed by atoms with E-state index in [0.29, 0.717) is 29.1 Å². The lowest BCUT2D eigenvalue weighted by Gasteiger charge is -2.11. The highest BCUT2D eigenvalue weighted by molar-refractivity contribution is 6.08. The second-order valence-corrected chi connectivity index (χ2v) is 6.63. The van der Waals surface area contributed by atoms with Gasteiger partial charge < -0.3 is 15.0 Å². The zero-order valence-corrected chi connectivity index (χ0v) is 15.7. The van der Waals surface area contributed by atoms with Crippen molar-refractivity contribution >= 4 is 34.0 Å². The maximum Gasteiger partial charge on any atom is 0.344 e. The predicted molar refractivity (Wildman–Crippen MR) is 104 cm³/mol. The number of unbranched alkanes of at least 4 members (excludes halogenated alkanes) is 2. The van der Waals surface area contributed by atoms with E-state index in [9.17, 15) is 4.79 Å². The molecule has 6 nitrogen and oxygen atoms in total. The number of fused-ring (bicyclic) bond motifs is 2. The van der Waals surface area contributed by atoms with E-state index in [1.807, 2.05) is 42.7 Å². The van der Waals surface area contributed by atoms with Gasteiger partial charge >= 0.3 is 5.97 Å². The molecule has 0 aliphatic carbocycles. The number of benzene rings is 1. The Balaban J connectivity index is 2.16. The molecule has 26 heavy (non-hydrogen) atoms. The van der Waals surface area contributed by atoms with Crippen molar-refractivity contribution in [1.29, 1.82) is 0 Å². The van der Waals surface area contributed by atoms with Gasteiger partial charge in [-0.2, -0.15) is 0 Å². The standard InChI is InChI=1S/C20H26N4O2/c1-4-6-9-12-24-18(21)16(20(25)26-13(3)5-2)17-19(24)23-15-11-8-7-10-14(15)22-17/h7-8,10-11,13H,4-6,9,12,21H2,1-3H3/t13-/m1/s1. The number of aromatic nitrogens is 3. The Morgan fingerprint density at radius 3 is 2.54 bits per heavy atom. The van der Waals surface area contributed by atoms with E-state index in [-0.39, 0.29) is 6.10 Å². The van der Waals surface area contributed by atoms with Crippen LogP contribution in [0.25, 0.3) is 22.2 Å². The molecule has 0 unspecified atom stereocenters. The second kappa shape index (κ2) is 7.72. The molecule has 3 aromatic rings. The first-order chi connectivity index (χ1) is 12.6. The zero-order valence-electron chi connectivity index (χ0n) is 15.7. The van der Waals surface area contributed by atoms with Crippen LogP contribution in [-0.2, 0) is 11.3 Å². The molecule has 1 aromatic carbocycles. The molecule has 6 heteroatoms. The zero-order chi connectivity index (χ0) is 18.7. The number of ether oxygens (including phenoxy) is 1. The Morgan fingerprint density at radius 2 is 1.88 bits per heavy atom. The molecule has 0 amide bonds. The number of aryl methyl sites for hydroxylation is 1. The largest absolute Gasteiger partial charge is 0.459 e. The van der Waals surface area contributed by atoms with Gasteiger partial charge in [0.15, 0.2) is 5.65 Å². The summed E-state index contributed by atoms with van der Waals surface area (Å²) in [5.41, 5.74) is 9.38. The van der Waals surface area contributed by atoms with Crippen molar-refractivity contribution in [1.82, 2.24) is 14.5 Å². The monoisotopic (exact) mass is 354 g/mol. The summed E-state index contributed by atoms with van der Waals surface area (Å²) >= 11 is 0. The molecular formula is C20H26N4O2. The van der Waals surface area contributed by atoms with Gasteiger partial charge in [0.25, 0.3) is 0 Å². The Labute approximate surface area is 153 Å². The minimum absolute atomic E-state index is 0.172. The number of para-hydroxylation sites is 2. The van der Waals surface area contributed by atoms with Gasteiger partial charge in [-0.3, -0.25) is 0 Å². The third-order valence-corrected chi connectivity index (χ3v) is 4.66. The maximum atomic E-state index is 12.7. The number of hydrogen-bond donors (Lipinski definition) is 1. The SMILES string of the molecule is CCCCCn1c(N)c(C(=O)O[C@H](C)CC)c2nc3ccccc3nc21. The topological polar surface area (TPSA) is 83.0 Å². The van der Waals surface area contributed by atoms with Crippen molar-refractivity contribution in [2.75, 3.05) is 5.73 Å². The number of carbonyl (C=O) groups is 1. The first-order valence-corrected chi connectivity index (χ1v) is 9.32. The molecule has 2 heterocycles. The van der Waals surface area contributed by atoms with Crippen molar-refractivity contribution < 1.29 is 9.53 Å². The van der Waals surface area contributed by atoms with Crippen LogP contribution in [0.1, 0.15) is 56.8 Å². The minimum atomic E-state index is -0.430. The average molecular weight is 354 g/mol. The van der Waals surface area contributed by atoms with E-state index in [1.165, 1.54) is 0 Å². The quantitative estimate of drug-likeness (QED) is 0.505. The summed E-state index contributed by atoms with van der Waals surface area (Å²) in [6.45, 7) is 6.71. The highest BCUT2D eigenvalue weighted by atomic mass is 16.5. The molecule has 0 aliphatic rings. The smallest absolute Gasteiger partial charge is 0.344 e. The summed E-state index contributed by atoms with van der Waals surface area (Å²) in [5, 5.41) is 0. The van der Waals surface area contributed by atoms with Crippen LogP contribution in [0.3, 0.4) is 0 Å². The van der Waals surface area contributed by atoms with Crippen molar-refractivity contribution in [3.05, 3.63) is 29.8 Å². The summed E-state index contributed by atoms with van der Waals surface area (Å²) in [6, 6.07) is 7.63. The van der Waals surface area contributed by atoms with Crippen LogP contribution in [0.4, 0.5) is 5.82 Å². The molecule has 0 spiro atoms. The number of nitrogens with two attached hydrogens (primary N) is 1. The van der Waals surface area contributed by atoms with Crippen molar-refractivity contribution in [2.45, 2.75) is 59.1 Å². The highest BCUT2D eigenvalue weighted by Crippen LogP contribution is 2.29. The Bertz CT molecular complexity index is 932. The van der Waals surface area contributed by atoms with Crippen LogP contribution in [-0.4, -0.2) is 26.6 Å². The highest BCUT2D eigenvalue weighted by Gasteiger charge is 2.25. The second-order valence-electron chi connectivity index (χ2n) is 6.63. The Hall–Kier alpha value is -2.63. The number of anilines is 1. The summed E-state index contributed by atoms with van der Waals surface area (Å²) in [5.74, 6) is -0.0413. The summed E-state index contributed by atoms with van der Waals surface area (Å²) in [4.78, 5) is 22.2. The Kier molecular flexibility index (Phi) is 5.40. The molecule has 0 radical (unpaired) electrons. The van der Waals surface area contributed by atoms with Crippen LogP contribution < -0.4 is 5.73 Å². The number of rotatable bonds is 7. The van der Waals surface area contributed by atoms with Crippen LogP contribution in [0, 0.1) is 0 Å². The molecule has 0 fully saturated rings. The maximum absolute atomic E-state index is 12.7. The van der Waals surface area contributed by atoms with Gasteiger partial charge in [0.2, 0.25) is 0 Å². The fourth-order valence-corrected chi connectivity index (χ4v) is 2.99. The van der Waals surface area contributed by atoms with E-state index in [0.717, 1.165) is 36.7 Å². The van der Waals surface area contributed by atoms with Gasteiger partial charge in [-0.1, -0.05) is 38.8 Å². The normalized spacial score (nSPS) is 12.6. The van der Waals surface area contributed by atoms with E-state index in [4.69, 9.17) is 15.5 Å². The van der Waals surface area contributed by atoms with E-state index in [1.54, 1.807) is 0 Å². The lowest BCUT2D eigenvalue weighted by Crippen LogP contribution is -2.16. The lowest BCUT2D eigenvalue weighted by atomic mass is 10.2. The lowest BCUT2D eigenvalue weighted by molar-refractivity contribution is 0.0338. The molecule has 3 rings (SSSR count). The van der Waals surface area contributed by atoms with Crippen LogP contribution in [0.5, 0.6) is 0 Å². The fraction of sp³-hybridized carbons (Fsp3) is 0.450. The molecule has 2 N–H and O–H groups in total. The number of nitrogen functional groups attached to an aromatic ring is 1. The first kappa shape index (κ1) is 18.2. The van der Waals surface area contributed by atoms with E-state index >= 15 is 0 Å². The first-order valence-electron chi connectivity index (χ1n) is 9.32. The average Bonchev–Trinajstić information content (AvgIpc) is 2.91. The van der Waals surface area contributed by atoms with E-state index < -0.39 is 5.97 Å². The van der Waals surface area contributed by atoms with Crippen LogP contribution in [0.15, 0.2) is 24.3 Å². The molecule has 0 bridgehead atoms. The molecule has 138 valence electrons. The molecular weight excluding hydrogens is 328 g/mol. The van der Waals surface area contributed by atoms with Gasteiger partial charge in [-0.25, -0.2) is 14.8 Å². The Morgan fingerprint density at radius 1 is 1.19 bits per heavy atom. The van der Waals surface area contributed by atoms with Gasteiger partial charge in [-0.15, -0.1) is 0 Å². The number of nitrogens with zero attached hydrogens (tertiary/aromatic N) is 3. The minimum Gasteiger partial charge on any atom is -0.459 e.